The summed E-state index contributed by atoms with van der Waals surface area (Å²) in [7, 11) is 0. The fourth-order valence-corrected chi connectivity index (χ4v) is 4.84. The largest absolute Gasteiger partial charge is 0.0848 e. The van der Waals surface area contributed by atoms with Gasteiger partial charge in [0.05, 0.1) is 0 Å². The molecule has 0 radical (unpaired) electrons. The lowest BCUT2D eigenvalue weighted by Gasteiger charge is -2.23. The fourth-order valence-electron chi connectivity index (χ4n) is 4.84. The van der Waals surface area contributed by atoms with Crippen LogP contribution in [0, 0.1) is 11.3 Å². The van der Waals surface area contributed by atoms with Crippen LogP contribution in [-0.4, -0.2) is 0 Å². The minimum absolute atomic E-state index is 0.668. The second kappa shape index (κ2) is 11.3. The molecule has 2 aliphatic carbocycles. The molecule has 2 bridgehead atoms. The van der Waals surface area contributed by atoms with Gasteiger partial charge in [0.15, 0.2) is 0 Å². The third kappa shape index (κ3) is 7.44. The van der Waals surface area contributed by atoms with E-state index < -0.39 is 0 Å². The third-order valence-electron chi connectivity index (χ3n) is 6.43. The summed E-state index contributed by atoms with van der Waals surface area (Å²) in [5.41, 5.74) is 0.668. The first-order chi connectivity index (χ1) is 11.3. The Morgan fingerprint density at radius 1 is 0.739 bits per heavy atom. The minimum Gasteiger partial charge on any atom is -0.0848 e. The van der Waals surface area contributed by atoms with Crippen LogP contribution in [0.2, 0.25) is 0 Å². The van der Waals surface area contributed by atoms with Crippen molar-refractivity contribution in [3.8, 4) is 0 Å². The van der Waals surface area contributed by atoms with Gasteiger partial charge in [-0.1, -0.05) is 109 Å². The molecule has 1 fully saturated rings. The van der Waals surface area contributed by atoms with E-state index in [1.165, 1.54) is 116 Å². The summed E-state index contributed by atoms with van der Waals surface area (Å²) in [6.07, 6.45) is 31.7. The molecule has 0 spiro atoms. The first-order valence-electron chi connectivity index (χ1n) is 11.0. The zero-order valence-corrected chi connectivity index (χ0v) is 16.0. The quantitative estimate of drug-likeness (QED) is 0.211. The molecule has 2 rings (SSSR count). The van der Waals surface area contributed by atoms with Crippen LogP contribution in [0.4, 0.5) is 0 Å². The fraction of sp³-hybridized carbons (Fsp3) is 0.913. The molecule has 0 aromatic carbocycles. The van der Waals surface area contributed by atoms with Gasteiger partial charge in [-0.25, -0.2) is 0 Å². The van der Waals surface area contributed by atoms with Crippen LogP contribution in [0.15, 0.2) is 12.2 Å². The highest BCUT2D eigenvalue weighted by Crippen LogP contribution is 2.51. The number of hydrogen-bond donors (Lipinski definition) is 0. The molecule has 2 unspecified atom stereocenters. The van der Waals surface area contributed by atoms with Crippen LogP contribution in [-0.2, 0) is 0 Å². The Morgan fingerprint density at radius 3 is 1.65 bits per heavy atom. The summed E-state index contributed by atoms with van der Waals surface area (Å²) < 4.78 is 0. The van der Waals surface area contributed by atoms with Crippen LogP contribution in [0.1, 0.15) is 122 Å². The van der Waals surface area contributed by atoms with E-state index in [-0.39, 0.29) is 0 Å². The van der Waals surface area contributed by atoms with Gasteiger partial charge in [0.25, 0.3) is 0 Å². The highest BCUT2D eigenvalue weighted by molar-refractivity contribution is 5.15. The van der Waals surface area contributed by atoms with Gasteiger partial charge < -0.3 is 0 Å². The maximum Gasteiger partial charge on any atom is -0.0112 e. The monoisotopic (exact) mass is 318 g/mol. The molecule has 1 saturated carbocycles. The van der Waals surface area contributed by atoms with Gasteiger partial charge >= 0.3 is 0 Å². The first-order valence-corrected chi connectivity index (χ1v) is 11.0. The van der Waals surface area contributed by atoms with Crippen molar-refractivity contribution in [3.05, 3.63) is 12.2 Å². The van der Waals surface area contributed by atoms with Crippen molar-refractivity contribution in [2.75, 3.05) is 0 Å². The normalized spacial score (nSPS) is 25.5. The maximum absolute atomic E-state index is 2.57. The van der Waals surface area contributed by atoms with Crippen molar-refractivity contribution in [1.82, 2.24) is 0 Å². The standard InChI is InChI=1S/C23H42/c1-2-3-4-5-6-7-8-9-10-11-12-13-14-15-18-23-19-16-22(21-23)17-20-23/h16,19,22H,2-15,17-18,20-21H2,1H3. The Hall–Kier alpha value is -0.260. The molecule has 23 heavy (non-hydrogen) atoms. The first kappa shape index (κ1) is 19.1. The van der Waals surface area contributed by atoms with E-state index in [4.69, 9.17) is 0 Å². The lowest BCUT2D eigenvalue weighted by atomic mass is 9.82. The zero-order chi connectivity index (χ0) is 16.2. The molecule has 134 valence electrons. The second-order valence-electron chi connectivity index (χ2n) is 8.57. The lowest BCUT2D eigenvalue weighted by molar-refractivity contribution is 0.350. The van der Waals surface area contributed by atoms with E-state index in [0.29, 0.717) is 5.41 Å². The van der Waals surface area contributed by atoms with Crippen LogP contribution < -0.4 is 0 Å². The van der Waals surface area contributed by atoms with E-state index in [1.54, 1.807) is 0 Å². The third-order valence-corrected chi connectivity index (χ3v) is 6.43. The highest BCUT2D eigenvalue weighted by atomic mass is 14.4. The van der Waals surface area contributed by atoms with Gasteiger partial charge in [-0.15, -0.1) is 0 Å². The van der Waals surface area contributed by atoms with E-state index in [0.717, 1.165) is 5.92 Å². The number of allylic oxidation sites excluding steroid dienone is 2. The maximum atomic E-state index is 2.57. The molecule has 0 heterocycles. The van der Waals surface area contributed by atoms with Crippen molar-refractivity contribution in [3.63, 3.8) is 0 Å². The Kier molecular flexibility index (Phi) is 9.39. The predicted molar refractivity (Wildman–Crippen MR) is 104 cm³/mol. The number of fused-ring (bicyclic) bond motifs is 2. The molecular formula is C23H42. The van der Waals surface area contributed by atoms with Gasteiger partial charge in [-0.3, -0.25) is 0 Å². The zero-order valence-electron chi connectivity index (χ0n) is 16.0. The average Bonchev–Trinajstić information content (AvgIpc) is 3.16. The molecule has 0 nitrogen and oxygen atoms in total. The van der Waals surface area contributed by atoms with Crippen molar-refractivity contribution >= 4 is 0 Å². The molecule has 0 N–H and O–H groups in total. The smallest absolute Gasteiger partial charge is 0.0112 e. The topological polar surface area (TPSA) is 0 Å². The molecule has 0 aromatic heterocycles. The second-order valence-corrected chi connectivity index (χ2v) is 8.57. The summed E-state index contributed by atoms with van der Waals surface area (Å²) in [4.78, 5) is 0. The highest BCUT2D eigenvalue weighted by Gasteiger charge is 2.39. The molecule has 0 saturated heterocycles. The van der Waals surface area contributed by atoms with Crippen LogP contribution in [0.25, 0.3) is 0 Å². The summed E-state index contributed by atoms with van der Waals surface area (Å²) in [5, 5.41) is 0. The summed E-state index contributed by atoms with van der Waals surface area (Å²) in [5.74, 6) is 0.960. The summed E-state index contributed by atoms with van der Waals surface area (Å²) in [6.45, 7) is 2.30. The van der Waals surface area contributed by atoms with Crippen molar-refractivity contribution < 1.29 is 0 Å². The Morgan fingerprint density at radius 2 is 1.26 bits per heavy atom. The molecule has 0 aliphatic heterocycles. The van der Waals surface area contributed by atoms with E-state index in [9.17, 15) is 0 Å². The molecule has 2 aliphatic rings. The van der Waals surface area contributed by atoms with Gasteiger partial charge in [0.2, 0.25) is 0 Å². The van der Waals surface area contributed by atoms with Gasteiger partial charge in [0.1, 0.15) is 0 Å². The number of hydrogen-bond acceptors (Lipinski definition) is 0. The number of unbranched alkanes of at least 4 members (excludes halogenated alkanes) is 13. The summed E-state index contributed by atoms with van der Waals surface area (Å²) >= 11 is 0. The molecular weight excluding hydrogens is 276 g/mol. The van der Waals surface area contributed by atoms with Crippen LogP contribution in [0.3, 0.4) is 0 Å². The number of rotatable bonds is 15. The van der Waals surface area contributed by atoms with Crippen molar-refractivity contribution in [1.29, 1.82) is 0 Å². The molecule has 0 aromatic rings. The van der Waals surface area contributed by atoms with Gasteiger partial charge in [0, 0.05) is 0 Å². The van der Waals surface area contributed by atoms with E-state index >= 15 is 0 Å². The van der Waals surface area contributed by atoms with Crippen LogP contribution >= 0.6 is 0 Å². The Balaban J connectivity index is 1.28. The Labute approximate surface area is 146 Å². The van der Waals surface area contributed by atoms with Crippen molar-refractivity contribution in [2.45, 2.75) is 122 Å². The van der Waals surface area contributed by atoms with Crippen molar-refractivity contribution in [2.24, 2.45) is 11.3 Å². The lowest BCUT2D eigenvalue weighted by Crippen LogP contribution is -2.10. The SMILES string of the molecule is CCCCCCCCCCCCCCCCC12C=CC(CC1)C2. The molecule has 2 atom stereocenters. The Bertz CT molecular complexity index is 316. The van der Waals surface area contributed by atoms with Gasteiger partial charge in [-0.2, -0.15) is 0 Å². The molecule has 0 heteroatoms. The minimum atomic E-state index is 0.668. The summed E-state index contributed by atoms with van der Waals surface area (Å²) in [6, 6.07) is 0. The van der Waals surface area contributed by atoms with Gasteiger partial charge in [-0.05, 0) is 37.0 Å². The van der Waals surface area contributed by atoms with E-state index in [1.807, 2.05) is 0 Å². The van der Waals surface area contributed by atoms with Crippen LogP contribution in [0.5, 0.6) is 0 Å². The predicted octanol–water partition coefficient (Wildman–Crippen LogP) is 8.21. The van der Waals surface area contributed by atoms with E-state index in [2.05, 4.69) is 19.1 Å². The average molecular weight is 319 g/mol. The molecule has 0 amide bonds.